The van der Waals surface area contributed by atoms with E-state index in [0.717, 1.165) is 12.8 Å². The van der Waals surface area contributed by atoms with Gasteiger partial charge in [0.1, 0.15) is 11.9 Å². The number of carbonyl (C=O) groups is 3. The molecule has 5 rings (SSSR count). The number of fused-ring (bicyclic) bond motifs is 1. The molecule has 1 saturated carbocycles. The van der Waals surface area contributed by atoms with Crippen molar-refractivity contribution in [2.75, 3.05) is 12.0 Å². The minimum absolute atomic E-state index is 0.105. The van der Waals surface area contributed by atoms with Gasteiger partial charge in [0.25, 0.3) is 0 Å². The van der Waals surface area contributed by atoms with E-state index in [-0.39, 0.29) is 30.6 Å². The topological polar surface area (TPSA) is 113 Å². The number of hydrogen-bond donors (Lipinski definition) is 1. The van der Waals surface area contributed by atoms with Crippen LogP contribution in [-0.4, -0.2) is 65.7 Å². The van der Waals surface area contributed by atoms with Crippen LogP contribution in [0.5, 0.6) is 5.75 Å². The SMILES string of the molecule is CCOC(=O)C[C@@H](C1O[C@@H]2OC(C)(C)O[C@@H]2[C@H]1Oc1ccccc1)N(Nc1cccc(C(C)=O)c1)C(=O)C1CC1. The highest BCUT2D eigenvalue weighted by atomic mass is 16.8. The van der Waals surface area contributed by atoms with Crippen molar-refractivity contribution < 1.29 is 38.1 Å². The molecule has 1 amide bonds. The number of Topliss-reactive ketones (excluding diaryl/α,β-unsaturated/α-hetero) is 1. The van der Waals surface area contributed by atoms with Crippen molar-refractivity contribution in [2.45, 2.75) is 83.4 Å². The zero-order valence-corrected chi connectivity index (χ0v) is 23.2. The lowest BCUT2D eigenvalue weighted by atomic mass is 9.99. The Balaban J connectivity index is 1.52. The highest BCUT2D eigenvalue weighted by Gasteiger charge is 2.59. The molecular weight excluding hydrogens is 516 g/mol. The number of hydrogen-bond acceptors (Lipinski definition) is 9. The van der Waals surface area contributed by atoms with E-state index in [1.807, 2.05) is 30.3 Å². The number of hydrazine groups is 1. The molecule has 5 atom stereocenters. The molecule has 1 unspecified atom stereocenters. The summed E-state index contributed by atoms with van der Waals surface area (Å²) in [5.41, 5.74) is 4.22. The van der Waals surface area contributed by atoms with Gasteiger partial charge < -0.3 is 23.7 Å². The number of nitrogens with zero attached hydrogens (tertiary/aromatic N) is 1. The van der Waals surface area contributed by atoms with Gasteiger partial charge in [-0.25, -0.2) is 5.01 Å². The van der Waals surface area contributed by atoms with Crippen molar-refractivity contribution in [3.63, 3.8) is 0 Å². The van der Waals surface area contributed by atoms with Crippen molar-refractivity contribution in [2.24, 2.45) is 5.92 Å². The van der Waals surface area contributed by atoms with E-state index in [2.05, 4.69) is 5.43 Å². The Bertz CT molecular complexity index is 1230. The number of amides is 1. The molecule has 2 heterocycles. The standard InChI is InChI=1S/C30H36N2O8/c1-5-36-24(34)17-23(32(28(35)19-14-15-19)31-21-11-9-10-20(16-21)18(2)33)25-26(37-22-12-7-6-8-13-22)27-29(38-25)40-30(3,4)39-27/h6-13,16,19,23,25-27,29,31H,5,14-15,17H2,1-4H3/t23-,25?,26-,27+,29+/m0/s1. The average Bonchev–Trinajstić information content (AvgIpc) is 3.66. The van der Waals surface area contributed by atoms with Crippen LogP contribution in [0.25, 0.3) is 0 Å². The molecule has 10 nitrogen and oxygen atoms in total. The molecule has 0 radical (unpaired) electrons. The molecular formula is C30H36N2O8. The molecule has 0 aromatic heterocycles. The van der Waals surface area contributed by atoms with E-state index in [1.54, 1.807) is 45.0 Å². The van der Waals surface area contributed by atoms with Crippen LogP contribution in [0.15, 0.2) is 54.6 Å². The van der Waals surface area contributed by atoms with Crippen molar-refractivity contribution in [3.8, 4) is 5.75 Å². The summed E-state index contributed by atoms with van der Waals surface area (Å²) in [6.45, 7) is 7.00. The van der Waals surface area contributed by atoms with Crippen molar-refractivity contribution in [1.82, 2.24) is 5.01 Å². The molecule has 1 N–H and O–H groups in total. The second kappa shape index (κ2) is 11.6. The molecule has 214 valence electrons. The Labute approximate surface area is 233 Å². The van der Waals surface area contributed by atoms with E-state index < -0.39 is 42.4 Å². The molecule has 2 aromatic carbocycles. The highest BCUT2D eigenvalue weighted by Crippen LogP contribution is 2.42. The van der Waals surface area contributed by atoms with Crippen LogP contribution in [0, 0.1) is 5.92 Å². The minimum atomic E-state index is -0.899. The van der Waals surface area contributed by atoms with Crippen LogP contribution >= 0.6 is 0 Å². The predicted molar refractivity (Wildman–Crippen MR) is 144 cm³/mol. The summed E-state index contributed by atoms with van der Waals surface area (Å²) in [7, 11) is 0. The van der Waals surface area contributed by atoms with Crippen LogP contribution in [0.3, 0.4) is 0 Å². The van der Waals surface area contributed by atoms with Gasteiger partial charge in [-0.15, -0.1) is 0 Å². The maximum Gasteiger partial charge on any atom is 0.308 e. The number of ketones is 1. The fourth-order valence-corrected chi connectivity index (χ4v) is 5.12. The molecule has 40 heavy (non-hydrogen) atoms. The normalized spacial score (nSPS) is 25.5. The summed E-state index contributed by atoms with van der Waals surface area (Å²) in [6.07, 6.45) is -1.57. The van der Waals surface area contributed by atoms with Gasteiger partial charge in [-0.1, -0.05) is 30.3 Å². The zero-order valence-electron chi connectivity index (χ0n) is 23.2. The average molecular weight is 553 g/mol. The molecule has 0 bridgehead atoms. The van der Waals surface area contributed by atoms with Crippen molar-refractivity contribution >= 4 is 23.3 Å². The zero-order chi connectivity index (χ0) is 28.4. The lowest BCUT2D eigenvalue weighted by molar-refractivity contribution is -0.220. The van der Waals surface area contributed by atoms with Gasteiger partial charge in [0.2, 0.25) is 5.91 Å². The predicted octanol–water partition coefficient (Wildman–Crippen LogP) is 4.10. The number of rotatable bonds is 11. The summed E-state index contributed by atoms with van der Waals surface area (Å²) in [5.74, 6) is -1.26. The van der Waals surface area contributed by atoms with Gasteiger partial charge in [0.15, 0.2) is 30.1 Å². The smallest absolute Gasteiger partial charge is 0.308 e. The lowest BCUT2D eigenvalue weighted by Gasteiger charge is -2.38. The van der Waals surface area contributed by atoms with Crippen LogP contribution in [-0.2, 0) is 28.5 Å². The quantitative estimate of drug-likeness (QED) is 0.250. The first-order chi connectivity index (χ1) is 19.1. The molecule has 2 saturated heterocycles. The molecule has 3 fully saturated rings. The van der Waals surface area contributed by atoms with Gasteiger partial charge in [-0.2, -0.15) is 0 Å². The number of carbonyl (C=O) groups excluding carboxylic acids is 3. The van der Waals surface area contributed by atoms with Crippen LogP contribution < -0.4 is 10.2 Å². The first-order valence-electron chi connectivity index (χ1n) is 13.7. The van der Waals surface area contributed by atoms with Crippen LogP contribution in [0.1, 0.15) is 57.3 Å². The Morgan fingerprint density at radius 3 is 2.50 bits per heavy atom. The third kappa shape index (κ3) is 6.29. The van der Waals surface area contributed by atoms with E-state index in [9.17, 15) is 14.4 Å². The molecule has 3 aliphatic rings. The molecule has 1 aliphatic carbocycles. The molecule has 2 aromatic rings. The number of anilines is 1. The van der Waals surface area contributed by atoms with Crippen molar-refractivity contribution in [1.29, 1.82) is 0 Å². The second-order valence-electron chi connectivity index (χ2n) is 10.8. The maximum absolute atomic E-state index is 13.8. The lowest BCUT2D eigenvalue weighted by Crippen LogP contribution is -2.56. The Morgan fingerprint density at radius 2 is 1.82 bits per heavy atom. The number of nitrogens with one attached hydrogen (secondary N) is 1. The number of para-hydroxylation sites is 1. The van der Waals surface area contributed by atoms with E-state index in [1.165, 1.54) is 11.9 Å². The first-order valence-corrected chi connectivity index (χ1v) is 13.7. The summed E-state index contributed by atoms with van der Waals surface area (Å²) in [4.78, 5) is 38.8. The fraction of sp³-hybridized carbons (Fsp3) is 0.500. The molecule has 2 aliphatic heterocycles. The summed E-state index contributed by atoms with van der Waals surface area (Å²) >= 11 is 0. The van der Waals surface area contributed by atoms with Crippen LogP contribution in [0.2, 0.25) is 0 Å². The first kappa shape index (κ1) is 28.1. The Morgan fingerprint density at radius 1 is 1.07 bits per heavy atom. The van der Waals surface area contributed by atoms with Gasteiger partial charge in [-0.3, -0.25) is 19.8 Å². The Hall–Kier alpha value is -3.47. The Kier molecular flexibility index (Phi) is 8.11. The third-order valence-electron chi connectivity index (χ3n) is 7.12. The monoisotopic (exact) mass is 552 g/mol. The summed E-state index contributed by atoms with van der Waals surface area (Å²) in [5, 5.41) is 1.45. The maximum atomic E-state index is 13.8. The second-order valence-corrected chi connectivity index (χ2v) is 10.8. The number of esters is 1. The van der Waals surface area contributed by atoms with E-state index in [4.69, 9.17) is 23.7 Å². The van der Waals surface area contributed by atoms with Gasteiger partial charge in [-0.05, 0) is 64.8 Å². The molecule has 0 spiro atoms. The molecule has 10 heteroatoms. The summed E-state index contributed by atoms with van der Waals surface area (Å²) < 4.78 is 30.4. The minimum Gasteiger partial charge on any atom is -0.485 e. The largest absolute Gasteiger partial charge is 0.485 e. The number of benzene rings is 2. The summed E-state index contributed by atoms with van der Waals surface area (Å²) in [6, 6.07) is 15.3. The van der Waals surface area contributed by atoms with Crippen molar-refractivity contribution in [3.05, 3.63) is 60.2 Å². The number of ether oxygens (including phenoxy) is 5. The van der Waals surface area contributed by atoms with Crippen LogP contribution in [0.4, 0.5) is 5.69 Å². The van der Waals surface area contributed by atoms with Gasteiger partial charge in [0, 0.05) is 11.5 Å². The van der Waals surface area contributed by atoms with Gasteiger partial charge >= 0.3 is 5.97 Å². The third-order valence-corrected chi connectivity index (χ3v) is 7.12. The fourth-order valence-electron chi connectivity index (χ4n) is 5.12. The van der Waals surface area contributed by atoms with E-state index >= 15 is 0 Å². The highest BCUT2D eigenvalue weighted by molar-refractivity contribution is 5.95. The van der Waals surface area contributed by atoms with Gasteiger partial charge in [0.05, 0.1) is 24.8 Å². The van der Waals surface area contributed by atoms with E-state index in [0.29, 0.717) is 17.0 Å².